The van der Waals surface area contributed by atoms with Crippen molar-refractivity contribution in [2.75, 3.05) is 20.1 Å². The quantitative estimate of drug-likeness (QED) is 0.779. The molecule has 0 aliphatic carbocycles. The van der Waals surface area contributed by atoms with E-state index in [2.05, 4.69) is 19.2 Å². The second kappa shape index (κ2) is 9.19. The molecule has 1 heterocycles. The monoisotopic (exact) mass is 228 g/mol. The van der Waals surface area contributed by atoms with Crippen molar-refractivity contribution in [2.45, 2.75) is 46.0 Å². The first-order chi connectivity index (χ1) is 7.65. The van der Waals surface area contributed by atoms with Gasteiger partial charge in [0.15, 0.2) is 0 Å². The zero-order valence-electron chi connectivity index (χ0n) is 10.7. The molecule has 0 radical (unpaired) electrons. The molecule has 0 aromatic heterocycles. The van der Waals surface area contributed by atoms with E-state index in [1.165, 1.54) is 6.42 Å². The van der Waals surface area contributed by atoms with Crippen LogP contribution in [0.1, 0.15) is 46.0 Å². The van der Waals surface area contributed by atoms with Crippen molar-refractivity contribution in [3.8, 4) is 0 Å². The summed E-state index contributed by atoms with van der Waals surface area (Å²) in [6.45, 7) is 5.20. The average Bonchev–Trinajstić information content (AvgIpc) is 2.45. The molecule has 0 aromatic rings. The molecule has 4 nitrogen and oxygen atoms in total. The van der Waals surface area contributed by atoms with Crippen LogP contribution in [0.5, 0.6) is 0 Å². The Bertz CT molecular complexity index is 217. The van der Waals surface area contributed by atoms with Crippen LogP contribution in [0.25, 0.3) is 0 Å². The van der Waals surface area contributed by atoms with E-state index >= 15 is 0 Å². The van der Waals surface area contributed by atoms with Gasteiger partial charge in [-0.1, -0.05) is 26.7 Å². The molecular weight excluding hydrogens is 204 g/mol. The Morgan fingerprint density at radius 3 is 2.50 bits per heavy atom. The summed E-state index contributed by atoms with van der Waals surface area (Å²) in [7, 11) is 1.59. The number of hydrogen-bond donors (Lipinski definition) is 1. The highest BCUT2D eigenvalue weighted by atomic mass is 16.2. The van der Waals surface area contributed by atoms with E-state index in [0.717, 1.165) is 25.8 Å². The summed E-state index contributed by atoms with van der Waals surface area (Å²) < 4.78 is 0. The Hall–Kier alpha value is -1.06. The van der Waals surface area contributed by atoms with Crippen molar-refractivity contribution in [1.82, 2.24) is 10.2 Å². The van der Waals surface area contributed by atoms with Crippen molar-refractivity contribution in [2.24, 2.45) is 0 Å². The summed E-state index contributed by atoms with van der Waals surface area (Å²) in [5, 5.41) is 2.52. The number of amides is 2. The van der Waals surface area contributed by atoms with Gasteiger partial charge >= 0.3 is 0 Å². The van der Waals surface area contributed by atoms with Crippen molar-refractivity contribution < 1.29 is 9.59 Å². The molecule has 1 N–H and O–H groups in total. The number of likely N-dealkylation sites (N-methyl/N-ethyl adjacent to an activating group) is 1. The van der Waals surface area contributed by atoms with Gasteiger partial charge in [-0.05, 0) is 12.8 Å². The minimum atomic E-state index is -0.0877. The Kier molecular flexibility index (Phi) is 8.58. The Morgan fingerprint density at radius 1 is 1.31 bits per heavy atom. The van der Waals surface area contributed by atoms with E-state index < -0.39 is 0 Å². The van der Waals surface area contributed by atoms with Crippen LogP contribution in [0.4, 0.5) is 0 Å². The first kappa shape index (κ1) is 14.9. The third kappa shape index (κ3) is 6.43. The molecule has 2 amide bonds. The first-order valence-corrected chi connectivity index (χ1v) is 6.14. The summed E-state index contributed by atoms with van der Waals surface area (Å²) in [6.07, 6.45) is 4.92. The highest BCUT2D eigenvalue weighted by Gasteiger charge is 2.18. The first-order valence-electron chi connectivity index (χ1n) is 6.14. The van der Waals surface area contributed by atoms with Crippen molar-refractivity contribution >= 4 is 11.8 Å². The smallest absolute Gasteiger partial charge is 0.239 e. The molecule has 0 aromatic carbocycles. The van der Waals surface area contributed by atoms with Crippen molar-refractivity contribution in [1.29, 1.82) is 0 Å². The minimum Gasteiger partial charge on any atom is -0.358 e. The van der Waals surface area contributed by atoms with Crippen LogP contribution in [0.3, 0.4) is 0 Å². The lowest BCUT2D eigenvalue weighted by Crippen LogP contribution is -2.39. The van der Waals surface area contributed by atoms with Gasteiger partial charge in [0.1, 0.15) is 0 Å². The lowest BCUT2D eigenvalue weighted by Gasteiger charge is -2.18. The zero-order valence-corrected chi connectivity index (χ0v) is 10.7. The lowest BCUT2D eigenvalue weighted by atomic mass is 10.2. The largest absolute Gasteiger partial charge is 0.358 e. The maximum Gasteiger partial charge on any atom is 0.239 e. The molecule has 1 fully saturated rings. The Labute approximate surface area is 98.4 Å². The summed E-state index contributed by atoms with van der Waals surface area (Å²) in [5.41, 5.74) is 0. The van der Waals surface area contributed by atoms with Crippen LogP contribution in [0.15, 0.2) is 0 Å². The van der Waals surface area contributed by atoms with Gasteiger partial charge in [-0.15, -0.1) is 0 Å². The predicted molar refractivity (Wildman–Crippen MR) is 65.1 cm³/mol. The van der Waals surface area contributed by atoms with Gasteiger partial charge in [-0.2, -0.15) is 0 Å². The summed E-state index contributed by atoms with van der Waals surface area (Å²) in [6, 6.07) is 0. The molecule has 0 atom stereocenters. The molecule has 0 spiro atoms. The van der Waals surface area contributed by atoms with E-state index in [0.29, 0.717) is 6.42 Å². The maximum absolute atomic E-state index is 11.4. The topological polar surface area (TPSA) is 49.4 Å². The number of rotatable bonds is 2. The molecule has 16 heavy (non-hydrogen) atoms. The molecule has 1 aliphatic heterocycles. The number of likely N-dealkylation sites (tertiary alicyclic amines) is 1. The zero-order chi connectivity index (χ0) is 12.4. The Balaban J connectivity index is 0.000000673. The number of carbonyl (C=O) groups is 2. The van der Waals surface area contributed by atoms with Gasteiger partial charge in [0, 0.05) is 20.0 Å². The third-order valence-corrected chi connectivity index (χ3v) is 2.28. The molecule has 94 valence electrons. The summed E-state index contributed by atoms with van der Waals surface area (Å²) in [5.74, 6) is 0.0244. The maximum atomic E-state index is 11.4. The molecule has 1 saturated heterocycles. The molecule has 1 aliphatic rings. The lowest BCUT2D eigenvalue weighted by molar-refractivity contribution is -0.135. The standard InChI is InChI=1S/C9H16N2O2.C3H8/c1-10-8(12)7-11-6-4-2-3-5-9(11)13;1-3-2/h2-7H2,1H3,(H,10,12);3H2,1-2H3. The SMILES string of the molecule is CCC.CNC(=O)CN1CCCCCC1=O. The van der Waals surface area contributed by atoms with Crippen LogP contribution in [-0.2, 0) is 9.59 Å². The fourth-order valence-electron chi connectivity index (χ4n) is 1.46. The van der Waals surface area contributed by atoms with E-state index in [4.69, 9.17) is 0 Å². The van der Waals surface area contributed by atoms with Crippen LogP contribution in [-0.4, -0.2) is 36.9 Å². The average molecular weight is 228 g/mol. The van der Waals surface area contributed by atoms with Gasteiger partial charge in [-0.3, -0.25) is 9.59 Å². The molecule has 0 unspecified atom stereocenters. The van der Waals surface area contributed by atoms with Crippen LogP contribution in [0, 0.1) is 0 Å². The van der Waals surface area contributed by atoms with Gasteiger partial charge in [-0.25, -0.2) is 0 Å². The molecule has 1 rings (SSSR count). The van der Waals surface area contributed by atoms with Crippen molar-refractivity contribution in [3.05, 3.63) is 0 Å². The van der Waals surface area contributed by atoms with Gasteiger partial charge in [0.25, 0.3) is 0 Å². The number of hydrogen-bond acceptors (Lipinski definition) is 2. The normalized spacial score (nSPS) is 15.9. The predicted octanol–water partition coefficient (Wildman–Crippen LogP) is 1.55. The Morgan fingerprint density at radius 2 is 1.94 bits per heavy atom. The number of nitrogens with zero attached hydrogens (tertiary/aromatic N) is 1. The van der Waals surface area contributed by atoms with Crippen molar-refractivity contribution in [3.63, 3.8) is 0 Å². The molecular formula is C12H24N2O2. The van der Waals surface area contributed by atoms with Crippen LogP contribution >= 0.6 is 0 Å². The van der Waals surface area contributed by atoms with Gasteiger partial charge in [0.05, 0.1) is 6.54 Å². The molecule has 4 heteroatoms. The fraction of sp³-hybridized carbons (Fsp3) is 0.833. The molecule has 0 bridgehead atoms. The van der Waals surface area contributed by atoms with Gasteiger partial charge in [0.2, 0.25) is 11.8 Å². The summed E-state index contributed by atoms with van der Waals surface area (Å²) >= 11 is 0. The third-order valence-electron chi connectivity index (χ3n) is 2.28. The second-order valence-electron chi connectivity index (χ2n) is 4.01. The number of carbonyl (C=O) groups excluding carboxylic acids is 2. The summed E-state index contributed by atoms with van der Waals surface area (Å²) in [4.78, 5) is 24.1. The second-order valence-corrected chi connectivity index (χ2v) is 4.01. The van der Waals surface area contributed by atoms with E-state index in [-0.39, 0.29) is 18.4 Å². The van der Waals surface area contributed by atoms with E-state index in [9.17, 15) is 9.59 Å². The van der Waals surface area contributed by atoms with Crippen LogP contribution < -0.4 is 5.32 Å². The molecule has 0 saturated carbocycles. The fourth-order valence-corrected chi connectivity index (χ4v) is 1.46. The van der Waals surface area contributed by atoms with Crippen LogP contribution in [0.2, 0.25) is 0 Å². The van der Waals surface area contributed by atoms with E-state index in [1.54, 1.807) is 11.9 Å². The highest BCUT2D eigenvalue weighted by Crippen LogP contribution is 2.10. The van der Waals surface area contributed by atoms with E-state index in [1.807, 2.05) is 0 Å². The highest BCUT2D eigenvalue weighted by molar-refractivity contribution is 5.84. The number of nitrogens with one attached hydrogen (secondary N) is 1. The minimum absolute atomic E-state index is 0.0877. The van der Waals surface area contributed by atoms with Gasteiger partial charge < -0.3 is 10.2 Å².